The highest BCUT2D eigenvalue weighted by atomic mass is 16.5. The molecule has 1 aromatic rings. The first kappa shape index (κ1) is 13.9. The first-order valence-corrected chi connectivity index (χ1v) is 5.94. The lowest BCUT2D eigenvalue weighted by Gasteiger charge is -2.07. The highest BCUT2D eigenvalue weighted by Crippen LogP contribution is 2.00. The molecule has 0 saturated carbocycles. The van der Waals surface area contributed by atoms with Crippen LogP contribution in [-0.2, 0) is 9.47 Å². The van der Waals surface area contributed by atoms with E-state index in [1.807, 2.05) is 18.2 Å². The van der Waals surface area contributed by atoms with Crippen molar-refractivity contribution in [3.63, 3.8) is 0 Å². The predicted octanol–water partition coefficient (Wildman–Crippen LogP) is 2.56. The van der Waals surface area contributed by atoms with Gasteiger partial charge in [0.1, 0.15) is 6.61 Å². The Morgan fingerprint density at radius 3 is 2.41 bits per heavy atom. The maximum atomic E-state index is 11.6. The van der Waals surface area contributed by atoms with Crippen molar-refractivity contribution in [1.29, 1.82) is 0 Å². The molecule has 0 spiro atoms. The number of carbonyl (C=O) groups is 1. The average molecular weight is 236 g/mol. The predicted molar refractivity (Wildman–Crippen MR) is 67.2 cm³/mol. The lowest BCUT2D eigenvalue weighted by atomic mass is 10.1. The van der Waals surface area contributed by atoms with E-state index in [1.165, 1.54) is 0 Å². The summed E-state index contributed by atoms with van der Waals surface area (Å²) in [4.78, 5) is 11.6. The van der Waals surface area contributed by atoms with Crippen LogP contribution in [0.15, 0.2) is 30.3 Å². The summed E-state index contributed by atoms with van der Waals surface area (Å²) in [6.07, 6.45) is 0. The van der Waals surface area contributed by atoms with Crippen LogP contribution in [0.3, 0.4) is 0 Å². The van der Waals surface area contributed by atoms with E-state index < -0.39 is 0 Å². The zero-order chi connectivity index (χ0) is 12.5. The van der Waals surface area contributed by atoms with Crippen molar-refractivity contribution in [3.8, 4) is 0 Å². The number of ketones is 1. The normalized spacial score (nSPS) is 10.8. The Bertz CT molecular complexity index is 319. The van der Waals surface area contributed by atoms with E-state index in [1.54, 1.807) is 12.1 Å². The number of ether oxygens (including phenoxy) is 2. The van der Waals surface area contributed by atoms with E-state index in [0.717, 1.165) is 6.61 Å². The first-order chi connectivity index (χ1) is 8.20. The number of carbonyl (C=O) groups excluding carboxylic acids is 1. The Hall–Kier alpha value is -1.19. The summed E-state index contributed by atoms with van der Waals surface area (Å²) in [6.45, 7) is 6.05. The summed E-state index contributed by atoms with van der Waals surface area (Å²) in [5.41, 5.74) is 0.690. The molecular weight excluding hydrogens is 216 g/mol. The molecular formula is C14H20O3. The number of benzene rings is 1. The summed E-state index contributed by atoms with van der Waals surface area (Å²) in [6, 6.07) is 9.16. The van der Waals surface area contributed by atoms with Crippen LogP contribution >= 0.6 is 0 Å². The van der Waals surface area contributed by atoms with Gasteiger partial charge in [-0.25, -0.2) is 0 Å². The number of rotatable bonds is 8. The van der Waals surface area contributed by atoms with E-state index >= 15 is 0 Å². The molecule has 94 valence electrons. The molecule has 0 bridgehead atoms. The van der Waals surface area contributed by atoms with Crippen LogP contribution < -0.4 is 0 Å². The van der Waals surface area contributed by atoms with E-state index in [-0.39, 0.29) is 12.4 Å². The second kappa shape index (κ2) is 7.98. The summed E-state index contributed by atoms with van der Waals surface area (Å²) in [7, 11) is 0. The molecule has 0 aliphatic rings. The van der Waals surface area contributed by atoms with Gasteiger partial charge in [0.25, 0.3) is 0 Å². The minimum Gasteiger partial charge on any atom is -0.379 e. The van der Waals surface area contributed by atoms with Crippen molar-refractivity contribution >= 4 is 5.78 Å². The van der Waals surface area contributed by atoms with Crippen LogP contribution in [0.1, 0.15) is 24.2 Å². The van der Waals surface area contributed by atoms with Gasteiger partial charge in [-0.15, -0.1) is 0 Å². The number of Topliss-reactive ketones (excluding diaryl/α,β-unsaturated/α-hetero) is 1. The van der Waals surface area contributed by atoms with Gasteiger partial charge in [0.15, 0.2) is 5.78 Å². The van der Waals surface area contributed by atoms with Crippen LogP contribution in [0.4, 0.5) is 0 Å². The van der Waals surface area contributed by atoms with Gasteiger partial charge in [0, 0.05) is 12.2 Å². The minimum atomic E-state index is 0.00876. The Morgan fingerprint density at radius 1 is 1.12 bits per heavy atom. The van der Waals surface area contributed by atoms with Crippen LogP contribution in [0.2, 0.25) is 0 Å². The van der Waals surface area contributed by atoms with Crippen molar-refractivity contribution in [3.05, 3.63) is 35.9 Å². The Labute approximate surface area is 103 Å². The molecule has 0 aromatic heterocycles. The smallest absolute Gasteiger partial charge is 0.188 e. The standard InChI is InChI=1S/C14H20O3/c1-12(2)10-16-8-9-17-11-14(15)13-6-4-3-5-7-13/h3-7,12H,8-11H2,1-2H3. The van der Waals surface area contributed by atoms with E-state index in [2.05, 4.69) is 13.8 Å². The maximum Gasteiger partial charge on any atom is 0.188 e. The van der Waals surface area contributed by atoms with Gasteiger partial charge in [0.05, 0.1) is 13.2 Å². The Kier molecular flexibility index (Phi) is 6.51. The molecule has 3 nitrogen and oxygen atoms in total. The molecule has 1 rings (SSSR count). The van der Waals surface area contributed by atoms with Crippen LogP contribution in [0.5, 0.6) is 0 Å². The minimum absolute atomic E-state index is 0.00876. The largest absolute Gasteiger partial charge is 0.379 e. The van der Waals surface area contributed by atoms with Crippen LogP contribution in [0, 0.1) is 5.92 Å². The molecule has 0 unspecified atom stereocenters. The van der Waals surface area contributed by atoms with Crippen LogP contribution in [-0.4, -0.2) is 32.2 Å². The average Bonchev–Trinajstić information content (AvgIpc) is 2.34. The molecule has 0 fully saturated rings. The zero-order valence-electron chi connectivity index (χ0n) is 10.5. The highest BCUT2D eigenvalue weighted by molar-refractivity contribution is 5.96. The van der Waals surface area contributed by atoms with Crippen LogP contribution in [0.25, 0.3) is 0 Å². The molecule has 0 saturated heterocycles. The summed E-state index contributed by atoms with van der Waals surface area (Å²) < 4.78 is 10.6. The van der Waals surface area contributed by atoms with Gasteiger partial charge >= 0.3 is 0 Å². The SMILES string of the molecule is CC(C)COCCOCC(=O)c1ccccc1. The van der Waals surface area contributed by atoms with Crippen molar-refractivity contribution in [2.24, 2.45) is 5.92 Å². The van der Waals surface area contributed by atoms with Crippen molar-refractivity contribution in [1.82, 2.24) is 0 Å². The second-order valence-corrected chi connectivity index (χ2v) is 4.31. The number of hydrogen-bond acceptors (Lipinski definition) is 3. The monoisotopic (exact) mass is 236 g/mol. The molecule has 0 atom stereocenters. The highest BCUT2D eigenvalue weighted by Gasteiger charge is 2.04. The fraction of sp³-hybridized carbons (Fsp3) is 0.500. The quantitative estimate of drug-likeness (QED) is 0.514. The Balaban J connectivity index is 2.09. The van der Waals surface area contributed by atoms with E-state index in [0.29, 0.717) is 24.7 Å². The molecule has 0 radical (unpaired) electrons. The summed E-state index contributed by atoms with van der Waals surface area (Å²) in [5.74, 6) is 0.537. The maximum absolute atomic E-state index is 11.6. The summed E-state index contributed by atoms with van der Waals surface area (Å²) >= 11 is 0. The van der Waals surface area contributed by atoms with Gasteiger partial charge in [0.2, 0.25) is 0 Å². The molecule has 1 aromatic carbocycles. The third-order valence-corrected chi connectivity index (χ3v) is 2.15. The lowest BCUT2D eigenvalue weighted by Crippen LogP contribution is -2.13. The van der Waals surface area contributed by atoms with E-state index in [9.17, 15) is 4.79 Å². The molecule has 0 N–H and O–H groups in total. The third-order valence-electron chi connectivity index (χ3n) is 2.15. The van der Waals surface area contributed by atoms with Crippen molar-refractivity contribution in [2.45, 2.75) is 13.8 Å². The van der Waals surface area contributed by atoms with Gasteiger partial charge in [-0.1, -0.05) is 44.2 Å². The van der Waals surface area contributed by atoms with Gasteiger partial charge in [-0.3, -0.25) is 4.79 Å². The molecule has 0 amide bonds. The topological polar surface area (TPSA) is 35.5 Å². The summed E-state index contributed by atoms with van der Waals surface area (Å²) in [5, 5.41) is 0. The van der Waals surface area contributed by atoms with E-state index in [4.69, 9.17) is 9.47 Å². The fourth-order valence-electron chi connectivity index (χ4n) is 1.31. The molecule has 0 aliphatic carbocycles. The second-order valence-electron chi connectivity index (χ2n) is 4.31. The fourth-order valence-corrected chi connectivity index (χ4v) is 1.31. The number of hydrogen-bond donors (Lipinski definition) is 0. The van der Waals surface area contributed by atoms with Gasteiger partial charge in [-0.2, -0.15) is 0 Å². The molecule has 0 heterocycles. The third kappa shape index (κ3) is 6.19. The molecule has 3 heteroatoms. The zero-order valence-corrected chi connectivity index (χ0v) is 10.5. The van der Waals surface area contributed by atoms with Gasteiger partial charge < -0.3 is 9.47 Å². The van der Waals surface area contributed by atoms with Crippen molar-refractivity contribution < 1.29 is 14.3 Å². The molecule has 17 heavy (non-hydrogen) atoms. The lowest BCUT2D eigenvalue weighted by molar-refractivity contribution is 0.0364. The molecule has 0 aliphatic heterocycles. The van der Waals surface area contributed by atoms with Gasteiger partial charge in [-0.05, 0) is 5.92 Å². The first-order valence-electron chi connectivity index (χ1n) is 5.94. The Morgan fingerprint density at radius 2 is 1.76 bits per heavy atom. The van der Waals surface area contributed by atoms with Crippen molar-refractivity contribution in [2.75, 3.05) is 26.4 Å².